The summed E-state index contributed by atoms with van der Waals surface area (Å²) in [6.07, 6.45) is 3.21. The lowest BCUT2D eigenvalue weighted by Crippen LogP contribution is -2.45. The van der Waals surface area contributed by atoms with Gasteiger partial charge in [-0.1, -0.05) is 0 Å². The predicted octanol–water partition coefficient (Wildman–Crippen LogP) is -0.981. The average molecular weight is 213 g/mol. The molecular formula is C9H15N3O3. The van der Waals surface area contributed by atoms with Gasteiger partial charge in [0.05, 0.1) is 6.61 Å². The van der Waals surface area contributed by atoms with E-state index < -0.39 is 11.9 Å². The predicted molar refractivity (Wildman–Crippen MR) is 55.4 cm³/mol. The summed E-state index contributed by atoms with van der Waals surface area (Å²) in [5.74, 6) is 0.0151. The minimum Gasteiger partial charge on any atom is -0.473 e. The van der Waals surface area contributed by atoms with E-state index in [4.69, 9.17) is 15.2 Å². The van der Waals surface area contributed by atoms with Crippen LogP contribution in [0.15, 0.2) is 16.8 Å². The smallest absolute Gasteiger partial charge is 0.242 e. The van der Waals surface area contributed by atoms with Crippen molar-refractivity contribution in [2.24, 2.45) is 10.7 Å². The number of allylic oxidation sites excluding steroid dienone is 1. The molecule has 3 N–H and O–H groups in total. The number of methoxy groups -OCH3 is 1. The molecule has 1 rings (SSSR count). The zero-order chi connectivity index (χ0) is 11.1. The summed E-state index contributed by atoms with van der Waals surface area (Å²) in [7, 11) is 1.59. The molecule has 0 saturated carbocycles. The van der Waals surface area contributed by atoms with Crippen LogP contribution in [0.3, 0.4) is 0 Å². The Bertz CT molecular complexity index is 276. The Labute approximate surface area is 88.1 Å². The second-order valence-electron chi connectivity index (χ2n) is 2.96. The maximum absolute atomic E-state index is 11.1. The Balaban J connectivity index is 2.53. The fourth-order valence-electron chi connectivity index (χ4n) is 1.16. The van der Waals surface area contributed by atoms with Gasteiger partial charge in [-0.05, 0) is 6.08 Å². The van der Waals surface area contributed by atoms with E-state index >= 15 is 0 Å². The largest absolute Gasteiger partial charge is 0.473 e. The first-order chi connectivity index (χ1) is 7.25. The number of hydrogen-bond donors (Lipinski definition) is 2. The summed E-state index contributed by atoms with van der Waals surface area (Å²) in [6, 6.07) is -0.619. The molecule has 0 aromatic heterocycles. The fourth-order valence-corrected chi connectivity index (χ4v) is 1.16. The highest BCUT2D eigenvalue weighted by atomic mass is 16.5. The molecule has 0 aromatic rings. The van der Waals surface area contributed by atoms with E-state index in [0.717, 1.165) is 0 Å². The Kier molecular flexibility index (Phi) is 4.79. The number of carbonyl (C=O) groups excluding carboxylic acids is 1. The number of nitrogens with zero attached hydrogens (tertiary/aromatic N) is 1. The topological polar surface area (TPSA) is 85.9 Å². The summed E-state index contributed by atoms with van der Waals surface area (Å²) >= 11 is 0. The van der Waals surface area contributed by atoms with E-state index in [0.29, 0.717) is 18.9 Å². The number of hydrogen-bond acceptors (Lipinski definition) is 5. The molecule has 0 bridgehead atoms. The third-order valence-corrected chi connectivity index (χ3v) is 1.87. The highest BCUT2D eigenvalue weighted by Gasteiger charge is 2.21. The van der Waals surface area contributed by atoms with Gasteiger partial charge in [0.2, 0.25) is 5.91 Å². The van der Waals surface area contributed by atoms with Crippen LogP contribution >= 0.6 is 0 Å². The van der Waals surface area contributed by atoms with E-state index in [1.165, 1.54) is 0 Å². The van der Waals surface area contributed by atoms with Gasteiger partial charge in [0, 0.05) is 19.9 Å². The van der Waals surface area contributed by atoms with Crippen molar-refractivity contribution in [3.63, 3.8) is 0 Å². The van der Waals surface area contributed by atoms with Crippen molar-refractivity contribution >= 4 is 12.1 Å². The maximum Gasteiger partial charge on any atom is 0.242 e. The molecule has 1 heterocycles. The summed E-state index contributed by atoms with van der Waals surface area (Å²) in [4.78, 5) is 15.0. The van der Waals surface area contributed by atoms with Crippen LogP contribution in [0.25, 0.3) is 0 Å². The number of amides is 1. The molecule has 6 nitrogen and oxygen atoms in total. The molecule has 15 heavy (non-hydrogen) atoms. The quantitative estimate of drug-likeness (QED) is 0.555. The normalized spacial score (nSPS) is 16.7. The molecule has 1 aliphatic heterocycles. The number of nitrogens with one attached hydrogen (secondary N) is 1. The maximum atomic E-state index is 11.1. The fraction of sp³-hybridized carbons (Fsp3) is 0.556. The molecule has 1 atom stereocenters. The second kappa shape index (κ2) is 6.15. The minimum atomic E-state index is -0.619. The van der Waals surface area contributed by atoms with Crippen LogP contribution < -0.4 is 11.1 Å². The van der Waals surface area contributed by atoms with Crippen molar-refractivity contribution in [2.45, 2.75) is 6.04 Å². The van der Waals surface area contributed by atoms with Gasteiger partial charge < -0.3 is 15.2 Å². The van der Waals surface area contributed by atoms with Gasteiger partial charge in [0.1, 0.15) is 11.8 Å². The molecular weight excluding hydrogens is 198 g/mol. The average Bonchev–Trinajstić information content (AvgIpc) is 2.25. The minimum absolute atomic E-state index is 0.224. The first-order valence-corrected chi connectivity index (χ1v) is 4.60. The third-order valence-electron chi connectivity index (χ3n) is 1.87. The van der Waals surface area contributed by atoms with Crippen LogP contribution in [0.5, 0.6) is 0 Å². The van der Waals surface area contributed by atoms with Crippen molar-refractivity contribution in [3.05, 3.63) is 11.8 Å². The first kappa shape index (κ1) is 11.7. The number of ether oxygens (including phenoxy) is 2. The molecule has 0 radical (unpaired) electrons. The highest BCUT2D eigenvalue weighted by molar-refractivity contribution is 5.85. The van der Waals surface area contributed by atoms with Crippen molar-refractivity contribution in [2.75, 3.05) is 27.0 Å². The molecule has 84 valence electrons. The van der Waals surface area contributed by atoms with Crippen LogP contribution in [0.2, 0.25) is 0 Å². The van der Waals surface area contributed by atoms with Gasteiger partial charge in [-0.3, -0.25) is 15.1 Å². The van der Waals surface area contributed by atoms with Crippen molar-refractivity contribution in [1.82, 2.24) is 5.32 Å². The molecule has 0 spiro atoms. The van der Waals surface area contributed by atoms with E-state index in [1.54, 1.807) is 19.4 Å². The summed E-state index contributed by atoms with van der Waals surface area (Å²) in [6.45, 7) is 1.26. The summed E-state index contributed by atoms with van der Waals surface area (Å²) < 4.78 is 10.0. The van der Waals surface area contributed by atoms with Crippen LogP contribution in [-0.4, -0.2) is 45.2 Å². The monoisotopic (exact) mass is 213 g/mol. The standard InChI is InChI=1S/C9H15N3O3/c1-14-5-4-12-8(9(10)13)7-2-3-11-6-15-7/h2-3,8,12H,4-6H2,1H3,(H2,10,13). The molecule has 1 unspecified atom stereocenters. The zero-order valence-corrected chi connectivity index (χ0v) is 8.60. The highest BCUT2D eigenvalue weighted by Crippen LogP contribution is 2.06. The molecule has 6 heteroatoms. The molecule has 0 fully saturated rings. The molecule has 0 saturated heterocycles. The van der Waals surface area contributed by atoms with E-state index in [1.807, 2.05) is 0 Å². The Morgan fingerprint density at radius 2 is 2.67 bits per heavy atom. The molecule has 1 aliphatic rings. The molecule has 1 amide bonds. The Hall–Kier alpha value is -1.40. The lowest BCUT2D eigenvalue weighted by molar-refractivity contribution is -0.120. The van der Waals surface area contributed by atoms with Gasteiger partial charge >= 0.3 is 0 Å². The van der Waals surface area contributed by atoms with Crippen molar-refractivity contribution in [3.8, 4) is 0 Å². The number of primary amides is 1. The van der Waals surface area contributed by atoms with E-state index in [9.17, 15) is 4.79 Å². The SMILES string of the molecule is COCCNC(C(N)=O)C1=CC=NCO1. The van der Waals surface area contributed by atoms with Gasteiger partial charge in [-0.25, -0.2) is 0 Å². The number of aliphatic imine (C=N–C) groups is 1. The van der Waals surface area contributed by atoms with Gasteiger partial charge in [-0.2, -0.15) is 0 Å². The lowest BCUT2D eigenvalue weighted by atomic mass is 10.2. The van der Waals surface area contributed by atoms with Gasteiger partial charge in [0.15, 0.2) is 6.73 Å². The van der Waals surface area contributed by atoms with Gasteiger partial charge in [0.25, 0.3) is 0 Å². The third kappa shape index (κ3) is 3.69. The summed E-state index contributed by atoms with van der Waals surface area (Å²) in [5, 5.41) is 2.94. The van der Waals surface area contributed by atoms with Crippen molar-refractivity contribution in [1.29, 1.82) is 0 Å². The van der Waals surface area contributed by atoms with E-state index in [-0.39, 0.29) is 6.73 Å². The van der Waals surface area contributed by atoms with Crippen LogP contribution in [0.1, 0.15) is 0 Å². The van der Waals surface area contributed by atoms with Gasteiger partial charge in [-0.15, -0.1) is 0 Å². The zero-order valence-electron chi connectivity index (χ0n) is 8.60. The van der Waals surface area contributed by atoms with Crippen LogP contribution in [0, 0.1) is 0 Å². The number of carbonyl (C=O) groups is 1. The molecule has 0 aromatic carbocycles. The Morgan fingerprint density at radius 1 is 1.87 bits per heavy atom. The number of rotatable bonds is 6. The molecule has 0 aliphatic carbocycles. The van der Waals surface area contributed by atoms with Crippen LogP contribution in [-0.2, 0) is 14.3 Å². The lowest BCUT2D eigenvalue weighted by Gasteiger charge is -2.19. The van der Waals surface area contributed by atoms with E-state index in [2.05, 4.69) is 10.3 Å². The Morgan fingerprint density at radius 3 is 3.20 bits per heavy atom. The first-order valence-electron chi connectivity index (χ1n) is 4.60. The summed E-state index contributed by atoms with van der Waals surface area (Å²) in [5.41, 5.74) is 5.24. The van der Waals surface area contributed by atoms with Crippen LogP contribution in [0.4, 0.5) is 0 Å². The second-order valence-corrected chi connectivity index (χ2v) is 2.96. The van der Waals surface area contributed by atoms with Crippen molar-refractivity contribution < 1.29 is 14.3 Å². The number of nitrogens with two attached hydrogens (primary N) is 1.